The number of amides is 2. The first-order chi connectivity index (χ1) is 8.16. The fourth-order valence-corrected chi connectivity index (χ4v) is 2.46. The van der Waals surface area contributed by atoms with Crippen molar-refractivity contribution < 1.29 is 4.79 Å². The summed E-state index contributed by atoms with van der Waals surface area (Å²) >= 11 is 7.54. The Balaban J connectivity index is 2.10. The highest BCUT2D eigenvalue weighted by atomic mass is 35.5. The van der Waals surface area contributed by atoms with Crippen molar-refractivity contribution in [1.82, 2.24) is 5.32 Å². The maximum absolute atomic E-state index is 11.7. The van der Waals surface area contributed by atoms with Crippen LogP contribution in [0, 0.1) is 6.92 Å². The number of para-hydroxylation sites is 1. The fourth-order valence-electron chi connectivity index (χ4n) is 1.45. The first-order valence-electron chi connectivity index (χ1n) is 5.18. The van der Waals surface area contributed by atoms with E-state index < -0.39 is 6.03 Å². The van der Waals surface area contributed by atoms with E-state index in [0.717, 1.165) is 17.9 Å². The average molecular weight is 270 g/mol. The van der Waals surface area contributed by atoms with Crippen LogP contribution in [0.15, 0.2) is 23.2 Å². The first kappa shape index (κ1) is 12.3. The number of carbonyl (C=O) groups excluding carboxylic acids is 1. The quantitative estimate of drug-likeness (QED) is 0.824. The molecule has 2 rings (SSSR count). The van der Waals surface area contributed by atoms with Crippen molar-refractivity contribution in [2.45, 2.75) is 6.92 Å². The first-order valence-corrected chi connectivity index (χ1v) is 6.54. The van der Waals surface area contributed by atoms with Gasteiger partial charge in [-0.2, -0.15) is 4.99 Å². The van der Waals surface area contributed by atoms with Gasteiger partial charge in [0.1, 0.15) is 0 Å². The summed E-state index contributed by atoms with van der Waals surface area (Å²) in [5, 5.41) is 6.89. The number of nitrogens with one attached hydrogen (secondary N) is 2. The van der Waals surface area contributed by atoms with E-state index in [2.05, 4.69) is 15.6 Å². The number of amidine groups is 1. The summed E-state index contributed by atoms with van der Waals surface area (Å²) in [7, 11) is 0. The minimum absolute atomic E-state index is 0.405. The van der Waals surface area contributed by atoms with Crippen LogP contribution in [0.3, 0.4) is 0 Å². The molecule has 1 saturated heterocycles. The molecule has 0 saturated carbocycles. The van der Waals surface area contributed by atoms with E-state index in [1.54, 1.807) is 6.07 Å². The van der Waals surface area contributed by atoms with Crippen LogP contribution in [-0.4, -0.2) is 23.5 Å². The molecule has 0 unspecified atom stereocenters. The highest BCUT2D eigenvalue weighted by Gasteiger charge is 2.11. The number of urea groups is 1. The van der Waals surface area contributed by atoms with Crippen LogP contribution in [0.5, 0.6) is 0 Å². The lowest BCUT2D eigenvalue weighted by Crippen LogP contribution is -2.17. The number of aliphatic imine (C=N–C) groups is 1. The zero-order chi connectivity index (χ0) is 12.3. The van der Waals surface area contributed by atoms with Gasteiger partial charge in [0.15, 0.2) is 5.17 Å². The van der Waals surface area contributed by atoms with Gasteiger partial charge in [-0.15, -0.1) is 0 Å². The van der Waals surface area contributed by atoms with Crippen molar-refractivity contribution in [2.75, 3.05) is 17.6 Å². The van der Waals surface area contributed by atoms with Gasteiger partial charge in [-0.3, -0.25) is 0 Å². The van der Waals surface area contributed by atoms with Crippen LogP contribution in [0.2, 0.25) is 5.02 Å². The lowest BCUT2D eigenvalue weighted by Gasteiger charge is -2.07. The fraction of sp³-hybridized carbons (Fsp3) is 0.273. The zero-order valence-corrected chi connectivity index (χ0v) is 10.9. The molecule has 0 bridgehead atoms. The van der Waals surface area contributed by atoms with E-state index in [1.165, 1.54) is 11.8 Å². The average Bonchev–Trinajstić information content (AvgIpc) is 2.76. The largest absolute Gasteiger partial charge is 0.364 e. The number of aryl methyl sites for hydroxylation is 1. The van der Waals surface area contributed by atoms with Crippen molar-refractivity contribution in [3.63, 3.8) is 0 Å². The predicted octanol–water partition coefficient (Wildman–Crippen LogP) is 2.87. The molecule has 0 radical (unpaired) electrons. The lowest BCUT2D eigenvalue weighted by molar-refractivity contribution is 0.259. The van der Waals surface area contributed by atoms with Crippen molar-refractivity contribution >= 4 is 40.2 Å². The molecule has 90 valence electrons. The smallest absolute Gasteiger partial charge is 0.347 e. The number of nitrogens with zero attached hydrogens (tertiary/aromatic N) is 1. The number of anilines is 1. The molecular weight excluding hydrogens is 258 g/mol. The van der Waals surface area contributed by atoms with Gasteiger partial charge < -0.3 is 10.6 Å². The van der Waals surface area contributed by atoms with Crippen molar-refractivity contribution in [1.29, 1.82) is 0 Å². The molecule has 0 atom stereocenters. The summed E-state index contributed by atoms with van der Waals surface area (Å²) in [4.78, 5) is 15.6. The number of thioether (sulfide) groups is 1. The van der Waals surface area contributed by atoms with Crippen molar-refractivity contribution in [2.24, 2.45) is 4.99 Å². The number of benzene rings is 1. The molecule has 0 aromatic heterocycles. The van der Waals surface area contributed by atoms with Crippen LogP contribution in [-0.2, 0) is 0 Å². The third-order valence-electron chi connectivity index (χ3n) is 2.27. The molecule has 2 N–H and O–H groups in total. The molecule has 4 nitrogen and oxygen atoms in total. The van der Waals surface area contributed by atoms with E-state index in [4.69, 9.17) is 11.6 Å². The van der Waals surface area contributed by atoms with Crippen LogP contribution in [0.25, 0.3) is 0 Å². The van der Waals surface area contributed by atoms with E-state index in [1.807, 2.05) is 19.1 Å². The highest BCUT2D eigenvalue weighted by Crippen LogP contribution is 2.25. The minimum atomic E-state index is -0.405. The Hall–Kier alpha value is -1.20. The number of rotatable bonds is 1. The van der Waals surface area contributed by atoms with Crippen LogP contribution in [0.4, 0.5) is 10.5 Å². The Morgan fingerprint density at radius 2 is 2.41 bits per heavy atom. The van der Waals surface area contributed by atoms with Crippen LogP contribution < -0.4 is 10.6 Å². The Kier molecular flexibility index (Phi) is 3.91. The predicted molar refractivity (Wildman–Crippen MR) is 73.1 cm³/mol. The van der Waals surface area contributed by atoms with Gasteiger partial charge in [-0.25, -0.2) is 4.79 Å². The third-order valence-corrected chi connectivity index (χ3v) is 3.51. The second-order valence-electron chi connectivity index (χ2n) is 3.55. The van der Waals surface area contributed by atoms with Crippen molar-refractivity contribution in [3.05, 3.63) is 28.8 Å². The van der Waals surface area contributed by atoms with Gasteiger partial charge in [-0.1, -0.05) is 35.5 Å². The molecule has 1 aromatic rings. The van der Waals surface area contributed by atoms with E-state index in [-0.39, 0.29) is 0 Å². The summed E-state index contributed by atoms with van der Waals surface area (Å²) in [5.74, 6) is 0.942. The summed E-state index contributed by atoms with van der Waals surface area (Å²) in [6.45, 7) is 2.74. The molecule has 1 aliphatic rings. The number of hydrogen-bond donors (Lipinski definition) is 2. The van der Waals surface area contributed by atoms with Crippen LogP contribution in [0.1, 0.15) is 5.56 Å². The molecule has 1 fully saturated rings. The molecule has 0 spiro atoms. The molecule has 1 aliphatic heterocycles. The lowest BCUT2D eigenvalue weighted by atomic mass is 10.2. The molecule has 17 heavy (non-hydrogen) atoms. The Labute approximate surface area is 109 Å². The Morgan fingerprint density at radius 1 is 1.59 bits per heavy atom. The molecule has 2 amide bonds. The Morgan fingerprint density at radius 3 is 3.06 bits per heavy atom. The van der Waals surface area contributed by atoms with Crippen LogP contribution >= 0.6 is 23.4 Å². The normalized spacial score (nSPS) is 16.9. The topological polar surface area (TPSA) is 53.5 Å². The number of hydrogen-bond acceptors (Lipinski definition) is 2. The minimum Gasteiger partial charge on any atom is -0.364 e. The maximum Gasteiger partial charge on any atom is 0.347 e. The zero-order valence-electron chi connectivity index (χ0n) is 9.29. The van der Waals surface area contributed by atoms with Gasteiger partial charge >= 0.3 is 6.03 Å². The van der Waals surface area contributed by atoms with E-state index >= 15 is 0 Å². The summed E-state index contributed by atoms with van der Waals surface area (Å²) in [6.07, 6.45) is 0. The molecule has 6 heteroatoms. The Bertz CT molecular complexity index is 448. The van der Waals surface area contributed by atoms with Gasteiger partial charge in [0, 0.05) is 12.3 Å². The second-order valence-corrected chi connectivity index (χ2v) is 5.04. The van der Waals surface area contributed by atoms with Gasteiger partial charge in [0.05, 0.1) is 10.7 Å². The van der Waals surface area contributed by atoms with Gasteiger partial charge in [-0.05, 0) is 18.6 Å². The number of carbonyl (C=O) groups is 1. The van der Waals surface area contributed by atoms with Gasteiger partial charge in [0.2, 0.25) is 0 Å². The highest BCUT2D eigenvalue weighted by molar-refractivity contribution is 8.14. The van der Waals surface area contributed by atoms with Crippen molar-refractivity contribution in [3.8, 4) is 0 Å². The molecule has 1 aromatic carbocycles. The van der Waals surface area contributed by atoms with E-state index in [9.17, 15) is 4.79 Å². The number of halogens is 1. The second kappa shape index (κ2) is 5.42. The third kappa shape index (κ3) is 3.14. The molecular formula is C11H12ClN3OS. The SMILES string of the molecule is Cc1cccc(Cl)c1NC(=O)N=C1NCCS1. The summed E-state index contributed by atoms with van der Waals surface area (Å²) in [5.41, 5.74) is 1.53. The summed E-state index contributed by atoms with van der Waals surface area (Å²) < 4.78 is 0. The standard InChI is InChI=1S/C11H12ClN3OS/c1-7-3-2-4-8(12)9(7)14-10(16)15-11-13-5-6-17-11/h2-4H,5-6H2,1H3,(H2,13,14,15,16). The summed E-state index contributed by atoms with van der Waals surface area (Å²) in [6, 6.07) is 5.06. The monoisotopic (exact) mass is 269 g/mol. The molecule has 1 heterocycles. The molecule has 0 aliphatic carbocycles. The van der Waals surface area contributed by atoms with Gasteiger partial charge in [0.25, 0.3) is 0 Å². The maximum atomic E-state index is 11.7. The van der Waals surface area contributed by atoms with E-state index in [0.29, 0.717) is 15.9 Å².